The van der Waals surface area contributed by atoms with Gasteiger partial charge in [0.1, 0.15) is 0 Å². The van der Waals surface area contributed by atoms with Gasteiger partial charge in [-0.25, -0.2) is 4.79 Å². The Morgan fingerprint density at radius 3 is 2.86 bits per heavy atom. The van der Waals surface area contributed by atoms with E-state index >= 15 is 0 Å². The van der Waals surface area contributed by atoms with Gasteiger partial charge < -0.3 is 16.0 Å². The quantitative estimate of drug-likeness (QED) is 0.773. The van der Waals surface area contributed by atoms with Gasteiger partial charge in [0.15, 0.2) is 0 Å². The van der Waals surface area contributed by atoms with E-state index in [1.54, 1.807) is 17.0 Å². The van der Waals surface area contributed by atoms with Crippen LogP contribution in [0.5, 0.6) is 0 Å². The molecule has 7 heteroatoms. The highest BCUT2D eigenvalue weighted by molar-refractivity contribution is 5.97. The van der Waals surface area contributed by atoms with Crippen LogP contribution in [0.2, 0.25) is 0 Å². The summed E-state index contributed by atoms with van der Waals surface area (Å²) >= 11 is 0. The Bertz CT molecular complexity index is 548. The summed E-state index contributed by atoms with van der Waals surface area (Å²) < 4.78 is 0. The smallest absolute Gasteiger partial charge is 0.321 e. The van der Waals surface area contributed by atoms with Gasteiger partial charge in [0.25, 0.3) is 5.91 Å². The van der Waals surface area contributed by atoms with Gasteiger partial charge in [-0.2, -0.15) is 0 Å². The summed E-state index contributed by atoms with van der Waals surface area (Å²) in [5.41, 5.74) is 1.36. The van der Waals surface area contributed by atoms with Crippen LogP contribution in [0, 0.1) is 5.92 Å². The molecule has 2 aliphatic heterocycles. The summed E-state index contributed by atoms with van der Waals surface area (Å²) in [5, 5.41) is 8.94. The Kier molecular flexibility index (Phi) is 5.63. The van der Waals surface area contributed by atoms with E-state index in [-0.39, 0.29) is 24.3 Å². The lowest BCUT2D eigenvalue weighted by Crippen LogP contribution is -2.48. The van der Waals surface area contributed by atoms with Crippen molar-refractivity contribution >= 4 is 30.0 Å². The standard InChI is InChI=1S/C15H20N4O2.ClH/c20-14(18-10-11-8-16-9-11)12-3-1-4-13(7-12)19-6-2-5-17-15(19)21;/h1,3-4,7,11,16H,2,5-6,8-10H2,(H,17,21)(H,18,20);1H. The largest absolute Gasteiger partial charge is 0.352 e. The maximum Gasteiger partial charge on any atom is 0.321 e. The lowest BCUT2D eigenvalue weighted by Gasteiger charge is -2.28. The highest BCUT2D eigenvalue weighted by atomic mass is 35.5. The number of hydrogen-bond donors (Lipinski definition) is 3. The maximum absolute atomic E-state index is 12.2. The molecule has 120 valence electrons. The lowest BCUT2D eigenvalue weighted by atomic mass is 10.0. The average Bonchev–Trinajstić information content (AvgIpc) is 2.46. The fourth-order valence-electron chi connectivity index (χ4n) is 2.52. The Morgan fingerprint density at radius 1 is 1.36 bits per heavy atom. The maximum atomic E-state index is 12.2. The SMILES string of the molecule is Cl.O=C(NCC1CNC1)c1cccc(N2CCCNC2=O)c1. The number of anilines is 1. The molecule has 3 amide bonds. The highest BCUT2D eigenvalue weighted by Crippen LogP contribution is 2.18. The molecule has 2 heterocycles. The first-order chi connectivity index (χ1) is 10.2. The number of nitrogens with zero attached hydrogens (tertiary/aromatic N) is 1. The lowest BCUT2D eigenvalue weighted by molar-refractivity contribution is 0.0942. The Morgan fingerprint density at radius 2 is 2.18 bits per heavy atom. The molecule has 1 aromatic rings. The van der Waals surface area contributed by atoms with Crippen LogP contribution in [0.4, 0.5) is 10.5 Å². The molecule has 0 atom stereocenters. The normalized spacial score (nSPS) is 18.0. The van der Waals surface area contributed by atoms with E-state index in [1.807, 2.05) is 12.1 Å². The number of halogens is 1. The van der Waals surface area contributed by atoms with Crippen LogP contribution in [0.3, 0.4) is 0 Å². The third-order valence-corrected chi connectivity index (χ3v) is 3.92. The van der Waals surface area contributed by atoms with E-state index in [9.17, 15) is 9.59 Å². The second kappa shape index (κ2) is 7.47. The van der Waals surface area contributed by atoms with E-state index in [0.29, 0.717) is 31.1 Å². The molecular weight excluding hydrogens is 304 g/mol. The molecule has 0 aliphatic carbocycles. The van der Waals surface area contributed by atoms with Gasteiger partial charge in [0.2, 0.25) is 0 Å². The zero-order valence-electron chi connectivity index (χ0n) is 12.3. The number of amides is 3. The van der Waals surface area contributed by atoms with Gasteiger partial charge in [-0.15, -0.1) is 12.4 Å². The molecule has 2 fully saturated rings. The molecule has 0 radical (unpaired) electrons. The van der Waals surface area contributed by atoms with Gasteiger partial charge in [0, 0.05) is 49.9 Å². The van der Waals surface area contributed by atoms with Crippen LogP contribution >= 0.6 is 12.4 Å². The predicted octanol–water partition coefficient (Wildman–Crippen LogP) is 0.977. The van der Waals surface area contributed by atoms with Crippen LogP contribution in [0.15, 0.2) is 24.3 Å². The second-order valence-electron chi connectivity index (χ2n) is 5.52. The minimum absolute atomic E-state index is 0. The van der Waals surface area contributed by atoms with Crippen molar-refractivity contribution in [2.75, 3.05) is 37.6 Å². The van der Waals surface area contributed by atoms with Crippen molar-refractivity contribution in [2.45, 2.75) is 6.42 Å². The van der Waals surface area contributed by atoms with Gasteiger partial charge in [0.05, 0.1) is 0 Å². The van der Waals surface area contributed by atoms with Crippen LogP contribution in [0.25, 0.3) is 0 Å². The van der Waals surface area contributed by atoms with E-state index < -0.39 is 0 Å². The van der Waals surface area contributed by atoms with Crippen molar-refractivity contribution in [1.29, 1.82) is 0 Å². The van der Waals surface area contributed by atoms with Crippen molar-refractivity contribution in [1.82, 2.24) is 16.0 Å². The highest BCUT2D eigenvalue weighted by Gasteiger charge is 2.21. The van der Waals surface area contributed by atoms with Gasteiger partial charge in [-0.3, -0.25) is 9.69 Å². The first-order valence-electron chi connectivity index (χ1n) is 7.38. The van der Waals surface area contributed by atoms with Gasteiger partial charge in [-0.05, 0) is 24.6 Å². The topological polar surface area (TPSA) is 73.5 Å². The van der Waals surface area contributed by atoms with Crippen LogP contribution < -0.4 is 20.9 Å². The molecule has 22 heavy (non-hydrogen) atoms. The number of hydrogen-bond acceptors (Lipinski definition) is 3. The van der Waals surface area contributed by atoms with Crippen molar-refractivity contribution in [3.63, 3.8) is 0 Å². The number of rotatable bonds is 4. The zero-order valence-corrected chi connectivity index (χ0v) is 13.1. The van der Waals surface area contributed by atoms with E-state index in [1.165, 1.54) is 0 Å². The van der Waals surface area contributed by atoms with Crippen LogP contribution in [0.1, 0.15) is 16.8 Å². The zero-order chi connectivity index (χ0) is 14.7. The molecule has 3 N–H and O–H groups in total. The molecule has 3 rings (SSSR count). The Balaban J connectivity index is 0.00000176. The first kappa shape index (κ1) is 16.6. The number of urea groups is 1. The molecule has 0 saturated carbocycles. The number of carbonyl (C=O) groups excluding carboxylic acids is 2. The molecule has 0 spiro atoms. The summed E-state index contributed by atoms with van der Waals surface area (Å²) in [6, 6.07) is 7.13. The van der Waals surface area contributed by atoms with Crippen LogP contribution in [-0.2, 0) is 0 Å². The molecule has 0 aromatic heterocycles. The number of benzene rings is 1. The third-order valence-electron chi connectivity index (χ3n) is 3.92. The Hall–Kier alpha value is -1.79. The summed E-state index contributed by atoms with van der Waals surface area (Å²) in [5.74, 6) is 0.450. The van der Waals surface area contributed by atoms with Crippen molar-refractivity contribution in [2.24, 2.45) is 5.92 Å². The monoisotopic (exact) mass is 324 g/mol. The number of carbonyl (C=O) groups is 2. The van der Waals surface area contributed by atoms with Crippen LogP contribution in [-0.4, -0.2) is 44.7 Å². The molecule has 1 aromatic carbocycles. The third kappa shape index (κ3) is 3.69. The molecule has 2 aliphatic rings. The summed E-state index contributed by atoms with van der Waals surface area (Å²) in [4.78, 5) is 25.7. The summed E-state index contributed by atoms with van der Waals surface area (Å²) in [6.07, 6.45) is 0.914. The second-order valence-corrected chi connectivity index (χ2v) is 5.52. The van der Waals surface area contributed by atoms with Crippen molar-refractivity contribution in [3.05, 3.63) is 29.8 Å². The van der Waals surface area contributed by atoms with E-state index in [2.05, 4.69) is 16.0 Å². The minimum atomic E-state index is -0.0978. The average molecular weight is 325 g/mol. The summed E-state index contributed by atoms with van der Waals surface area (Å²) in [7, 11) is 0. The fourth-order valence-corrected chi connectivity index (χ4v) is 2.52. The first-order valence-corrected chi connectivity index (χ1v) is 7.38. The fraction of sp³-hybridized carbons (Fsp3) is 0.467. The predicted molar refractivity (Wildman–Crippen MR) is 87.7 cm³/mol. The minimum Gasteiger partial charge on any atom is -0.352 e. The summed E-state index contributed by atoms with van der Waals surface area (Å²) in [6.45, 7) is 4.03. The van der Waals surface area contributed by atoms with Crippen molar-refractivity contribution < 1.29 is 9.59 Å². The molecule has 0 unspecified atom stereocenters. The van der Waals surface area contributed by atoms with Gasteiger partial charge >= 0.3 is 6.03 Å². The molecular formula is C15H21ClN4O2. The molecule has 6 nitrogen and oxygen atoms in total. The van der Waals surface area contributed by atoms with E-state index in [0.717, 1.165) is 25.2 Å². The van der Waals surface area contributed by atoms with E-state index in [4.69, 9.17) is 0 Å². The Labute approximate surface area is 136 Å². The van der Waals surface area contributed by atoms with Gasteiger partial charge in [-0.1, -0.05) is 6.07 Å². The van der Waals surface area contributed by atoms with Crippen molar-refractivity contribution in [3.8, 4) is 0 Å². The molecule has 0 bridgehead atoms. The number of nitrogens with one attached hydrogen (secondary N) is 3. The molecule has 2 saturated heterocycles.